The Bertz CT molecular complexity index is 549. The van der Waals surface area contributed by atoms with Crippen LogP contribution in [0.2, 0.25) is 0 Å². The van der Waals surface area contributed by atoms with Gasteiger partial charge >= 0.3 is 0 Å². The molecule has 0 saturated carbocycles. The Balaban J connectivity index is 2.10. The van der Waals surface area contributed by atoms with Gasteiger partial charge in [-0.1, -0.05) is 24.3 Å². The number of ether oxygens (including phenoxy) is 1. The first-order valence-corrected chi connectivity index (χ1v) is 5.34. The van der Waals surface area contributed by atoms with Crippen molar-refractivity contribution in [2.45, 2.75) is 6.61 Å². The maximum absolute atomic E-state index is 12.7. The highest BCUT2D eigenvalue weighted by Crippen LogP contribution is 2.18. The fourth-order valence-corrected chi connectivity index (χ4v) is 1.50. The van der Waals surface area contributed by atoms with E-state index in [1.54, 1.807) is 30.3 Å². The van der Waals surface area contributed by atoms with E-state index in [4.69, 9.17) is 4.74 Å². The van der Waals surface area contributed by atoms with Crippen LogP contribution in [0.4, 0.5) is 4.39 Å². The molecule has 4 heteroatoms. The monoisotopic (exact) mass is 245 g/mol. The molecule has 0 bridgehead atoms. The second-order valence-corrected chi connectivity index (χ2v) is 3.70. The molecule has 2 aromatic carbocycles. The quantitative estimate of drug-likeness (QED) is 0.824. The number of carboxylic acid groups (broad SMARTS) is 1. The van der Waals surface area contributed by atoms with Crippen LogP contribution in [0.5, 0.6) is 5.75 Å². The highest BCUT2D eigenvalue weighted by Gasteiger charge is 2.04. The lowest BCUT2D eigenvalue weighted by Crippen LogP contribution is -2.23. The number of aromatic carboxylic acids is 1. The van der Waals surface area contributed by atoms with Crippen molar-refractivity contribution >= 4 is 5.97 Å². The predicted molar refractivity (Wildman–Crippen MR) is 61.5 cm³/mol. The summed E-state index contributed by atoms with van der Waals surface area (Å²) in [4.78, 5) is 10.8. The molecule has 18 heavy (non-hydrogen) atoms. The van der Waals surface area contributed by atoms with Gasteiger partial charge in [0.05, 0.1) is 5.97 Å². The maximum Gasteiger partial charge on any atom is 0.128 e. The van der Waals surface area contributed by atoms with Crippen LogP contribution < -0.4 is 9.84 Å². The summed E-state index contributed by atoms with van der Waals surface area (Å²) in [6.45, 7) is 0.171. The number of carbonyl (C=O) groups is 1. The molecule has 0 aliphatic rings. The number of hydrogen-bond donors (Lipinski definition) is 0. The summed E-state index contributed by atoms with van der Waals surface area (Å²) in [6, 6.07) is 12.0. The van der Waals surface area contributed by atoms with E-state index in [1.165, 1.54) is 18.2 Å². The molecule has 0 aromatic heterocycles. The summed E-state index contributed by atoms with van der Waals surface area (Å²) >= 11 is 0. The fourth-order valence-electron chi connectivity index (χ4n) is 1.50. The van der Waals surface area contributed by atoms with E-state index >= 15 is 0 Å². The van der Waals surface area contributed by atoms with E-state index in [1.807, 2.05) is 0 Å². The number of halogens is 1. The average molecular weight is 245 g/mol. The van der Waals surface area contributed by atoms with Crippen molar-refractivity contribution in [3.8, 4) is 5.75 Å². The van der Waals surface area contributed by atoms with Gasteiger partial charge in [-0.05, 0) is 29.8 Å². The van der Waals surface area contributed by atoms with Crippen LogP contribution in [0.1, 0.15) is 15.9 Å². The summed E-state index contributed by atoms with van der Waals surface area (Å²) in [5.74, 6) is -1.37. The molecular formula is C14H10FO3-. The van der Waals surface area contributed by atoms with Gasteiger partial charge in [0.1, 0.15) is 18.2 Å². The number of hydrogen-bond acceptors (Lipinski definition) is 3. The van der Waals surface area contributed by atoms with E-state index in [0.717, 1.165) is 5.56 Å². The molecule has 0 aliphatic carbocycles. The highest BCUT2D eigenvalue weighted by atomic mass is 19.1. The van der Waals surface area contributed by atoms with E-state index in [9.17, 15) is 14.3 Å². The molecule has 0 fully saturated rings. The van der Waals surface area contributed by atoms with Crippen LogP contribution in [0, 0.1) is 5.82 Å². The van der Waals surface area contributed by atoms with E-state index in [2.05, 4.69) is 0 Å². The predicted octanol–water partition coefficient (Wildman–Crippen LogP) is 1.77. The summed E-state index contributed by atoms with van der Waals surface area (Å²) in [6.07, 6.45) is 0. The number of benzene rings is 2. The Morgan fingerprint density at radius 3 is 2.44 bits per heavy atom. The Labute approximate surface area is 103 Å². The minimum Gasteiger partial charge on any atom is -0.545 e. The zero-order chi connectivity index (χ0) is 13.0. The largest absolute Gasteiger partial charge is 0.545 e. The molecule has 2 aromatic rings. The SMILES string of the molecule is O=C([O-])c1ccccc1OCc1ccc(F)cc1. The number of carboxylic acids is 1. The molecule has 0 atom stereocenters. The third-order valence-corrected chi connectivity index (χ3v) is 2.41. The Morgan fingerprint density at radius 1 is 1.11 bits per heavy atom. The van der Waals surface area contributed by atoms with Gasteiger partial charge in [0.25, 0.3) is 0 Å². The van der Waals surface area contributed by atoms with Crippen molar-refractivity contribution in [3.05, 3.63) is 65.5 Å². The van der Waals surface area contributed by atoms with Gasteiger partial charge in [0.2, 0.25) is 0 Å². The molecule has 3 nitrogen and oxygen atoms in total. The Kier molecular flexibility index (Phi) is 3.57. The standard InChI is InChI=1S/C14H11FO3/c15-11-7-5-10(6-8-11)9-18-13-4-2-1-3-12(13)14(16)17/h1-8H,9H2,(H,16,17)/p-1. The van der Waals surface area contributed by atoms with Gasteiger partial charge in [0, 0.05) is 5.56 Å². The molecule has 92 valence electrons. The maximum atomic E-state index is 12.7. The van der Waals surface area contributed by atoms with Crippen molar-refractivity contribution < 1.29 is 19.0 Å². The lowest BCUT2D eigenvalue weighted by atomic mass is 10.2. The molecule has 2 rings (SSSR count). The van der Waals surface area contributed by atoms with Crippen LogP contribution in [0.15, 0.2) is 48.5 Å². The number of carbonyl (C=O) groups excluding carboxylic acids is 1. The fraction of sp³-hybridized carbons (Fsp3) is 0.0714. The first-order chi connectivity index (χ1) is 8.66. The Morgan fingerprint density at radius 2 is 1.78 bits per heavy atom. The van der Waals surface area contributed by atoms with Crippen LogP contribution in [-0.2, 0) is 6.61 Å². The van der Waals surface area contributed by atoms with E-state index in [-0.39, 0.29) is 23.7 Å². The van der Waals surface area contributed by atoms with E-state index < -0.39 is 5.97 Å². The van der Waals surface area contributed by atoms with Crippen LogP contribution in [-0.4, -0.2) is 5.97 Å². The summed E-state index contributed by atoms with van der Waals surface area (Å²) in [5, 5.41) is 10.8. The van der Waals surface area contributed by atoms with Gasteiger partial charge in [-0.2, -0.15) is 0 Å². The van der Waals surface area contributed by atoms with Crippen molar-refractivity contribution in [2.75, 3.05) is 0 Å². The van der Waals surface area contributed by atoms with Gasteiger partial charge in [-0.3, -0.25) is 0 Å². The normalized spacial score (nSPS) is 10.1. The van der Waals surface area contributed by atoms with Gasteiger partial charge < -0.3 is 14.6 Å². The smallest absolute Gasteiger partial charge is 0.128 e. The molecule has 0 unspecified atom stereocenters. The summed E-state index contributed by atoms with van der Waals surface area (Å²) < 4.78 is 18.1. The third kappa shape index (κ3) is 2.85. The minimum atomic E-state index is -1.29. The molecule has 0 heterocycles. The third-order valence-electron chi connectivity index (χ3n) is 2.41. The minimum absolute atomic E-state index is 0.000360. The van der Waals surface area contributed by atoms with E-state index in [0.29, 0.717) is 0 Å². The topological polar surface area (TPSA) is 49.4 Å². The zero-order valence-corrected chi connectivity index (χ0v) is 9.43. The molecular weight excluding hydrogens is 235 g/mol. The lowest BCUT2D eigenvalue weighted by molar-refractivity contribution is -0.255. The second kappa shape index (κ2) is 5.31. The number of rotatable bonds is 4. The van der Waals surface area contributed by atoms with Gasteiger partial charge in [-0.25, -0.2) is 4.39 Å². The average Bonchev–Trinajstić information content (AvgIpc) is 2.38. The first-order valence-electron chi connectivity index (χ1n) is 5.34. The van der Waals surface area contributed by atoms with Crippen LogP contribution >= 0.6 is 0 Å². The van der Waals surface area contributed by atoms with Crippen molar-refractivity contribution in [1.82, 2.24) is 0 Å². The molecule has 0 amide bonds. The molecule has 0 spiro atoms. The van der Waals surface area contributed by atoms with Crippen LogP contribution in [0.3, 0.4) is 0 Å². The lowest BCUT2D eigenvalue weighted by Gasteiger charge is -2.11. The summed E-state index contributed by atoms with van der Waals surface area (Å²) in [5.41, 5.74) is 0.754. The van der Waals surface area contributed by atoms with Crippen LogP contribution in [0.25, 0.3) is 0 Å². The van der Waals surface area contributed by atoms with Crippen molar-refractivity contribution in [2.24, 2.45) is 0 Å². The van der Waals surface area contributed by atoms with Crippen molar-refractivity contribution in [3.63, 3.8) is 0 Å². The first kappa shape index (κ1) is 12.1. The Hall–Kier alpha value is -2.36. The van der Waals surface area contributed by atoms with Gasteiger partial charge in [-0.15, -0.1) is 0 Å². The second-order valence-electron chi connectivity index (χ2n) is 3.70. The van der Waals surface area contributed by atoms with Gasteiger partial charge in [0.15, 0.2) is 0 Å². The zero-order valence-electron chi connectivity index (χ0n) is 9.43. The number of para-hydroxylation sites is 1. The van der Waals surface area contributed by atoms with Crippen molar-refractivity contribution in [1.29, 1.82) is 0 Å². The molecule has 0 aliphatic heterocycles. The highest BCUT2D eigenvalue weighted by molar-refractivity contribution is 5.89. The molecule has 0 radical (unpaired) electrons. The summed E-state index contributed by atoms with van der Waals surface area (Å²) in [7, 11) is 0. The molecule has 0 N–H and O–H groups in total. The molecule has 0 saturated heterocycles.